The fraction of sp³-hybridized carbons (Fsp3) is 0.385. The molecular formula is C13H17N3OS. The summed E-state index contributed by atoms with van der Waals surface area (Å²) in [6.45, 7) is 4.72. The molecule has 96 valence electrons. The number of rotatable bonds is 4. The number of hydrogen-bond donors (Lipinski definition) is 1. The topological polar surface area (TPSA) is 46.9 Å². The lowest BCUT2D eigenvalue weighted by Crippen LogP contribution is -2.25. The fourth-order valence-electron chi connectivity index (χ4n) is 1.76. The van der Waals surface area contributed by atoms with E-state index in [0.717, 1.165) is 22.7 Å². The Morgan fingerprint density at radius 1 is 1.56 bits per heavy atom. The molecule has 0 aliphatic heterocycles. The third-order valence-corrected chi connectivity index (χ3v) is 3.46. The van der Waals surface area contributed by atoms with Crippen LogP contribution in [-0.4, -0.2) is 22.0 Å². The van der Waals surface area contributed by atoms with Gasteiger partial charge in [0.25, 0.3) is 5.91 Å². The van der Waals surface area contributed by atoms with Crippen molar-refractivity contribution in [3.8, 4) is 11.3 Å². The van der Waals surface area contributed by atoms with Gasteiger partial charge in [0.05, 0.1) is 10.7 Å². The summed E-state index contributed by atoms with van der Waals surface area (Å²) in [4.78, 5) is 16.4. The number of hydrogen-bond acceptors (Lipinski definition) is 3. The number of nitrogens with zero attached hydrogens (tertiary/aromatic N) is 2. The van der Waals surface area contributed by atoms with Gasteiger partial charge < -0.3 is 9.88 Å². The summed E-state index contributed by atoms with van der Waals surface area (Å²) in [6, 6.07) is 1.89. The summed E-state index contributed by atoms with van der Waals surface area (Å²) < 4.78 is 1.84. The monoisotopic (exact) mass is 263 g/mol. The maximum Gasteiger partial charge on any atom is 0.267 e. The van der Waals surface area contributed by atoms with Gasteiger partial charge in [-0.3, -0.25) is 4.79 Å². The second-order valence-electron chi connectivity index (χ2n) is 4.23. The third-order valence-electron chi connectivity index (χ3n) is 2.69. The van der Waals surface area contributed by atoms with E-state index in [1.54, 1.807) is 11.3 Å². The Morgan fingerprint density at radius 3 is 2.94 bits per heavy atom. The van der Waals surface area contributed by atoms with Crippen LogP contribution in [0.1, 0.15) is 28.8 Å². The average Bonchev–Trinajstić information content (AvgIpc) is 2.92. The van der Waals surface area contributed by atoms with E-state index in [4.69, 9.17) is 0 Å². The zero-order chi connectivity index (χ0) is 13.1. The number of nitrogens with one attached hydrogen (secondary N) is 1. The van der Waals surface area contributed by atoms with Crippen molar-refractivity contribution in [1.29, 1.82) is 0 Å². The number of carbonyl (C=O) groups is 1. The Kier molecular flexibility index (Phi) is 3.81. The summed E-state index contributed by atoms with van der Waals surface area (Å²) in [5, 5.41) is 5.93. The molecule has 0 aliphatic rings. The van der Waals surface area contributed by atoms with Crippen molar-refractivity contribution in [3.05, 3.63) is 28.3 Å². The number of aromatic nitrogens is 2. The lowest BCUT2D eigenvalue weighted by atomic mass is 10.2. The lowest BCUT2D eigenvalue weighted by Gasteiger charge is -2.03. The Morgan fingerprint density at radius 2 is 2.33 bits per heavy atom. The van der Waals surface area contributed by atoms with Crippen LogP contribution in [0.3, 0.4) is 0 Å². The summed E-state index contributed by atoms with van der Waals surface area (Å²) in [7, 11) is 1.88. The normalized spacial score (nSPS) is 10.6. The molecule has 0 aromatic carbocycles. The molecule has 4 nitrogen and oxygen atoms in total. The first-order valence-corrected chi connectivity index (χ1v) is 6.87. The molecular weight excluding hydrogens is 246 g/mol. The van der Waals surface area contributed by atoms with Gasteiger partial charge in [-0.15, -0.1) is 11.3 Å². The van der Waals surface area contributed by atoms with E-state index in [9.17, 15) is 4.79 Å². The molecule has 0 aliphatic carbocycles. The zero-order valence-corrected chi connectivity index (χ0v) is 11.7. The van der Waals surface area contributed by atoms with Crippen molar-refractivity contribution >= 4 is 17.2 Å². The van der Waals surface area contributed by atoms with E-state index in [1.165, 1.54) is 0 Å². The quantitative estimate of drug-likeness (QED) is 0.921. The van der Waals surface area contributed by atoms with Crippen LogP contribution in [0.2, 0.25) is 0 Å². The lowest BCUT2D eigenvalue weighted by molar-refractivity contribution is 0.0945. The number of thiazole rings is 1. The number of aryl methyl sites for hydroxylation is 2. The first-order valence-electron chi connectivity index (χ1n) is 5.99. The summed E-state index contributed by atoms with van der Waals surface area (Å²) in [6.07, 6.45) is 2.88. The first kappa shape index (κ1) is 12.8. The van der Waals surface area contributed by atoms with Crippen LogP contribution >= 0.6 is 11.3 Å². The Hall–Kier alpha value is -1.62. The molecule has 0 bridgehead atoms. The molecule has 0 unspecified atom stereocenters. The van der Waals surface area contributed by atoms with Crippen molar-refractivity contribution in [3.63, 3.8) is 0 Å². The average molecular weight is 263 g/mol. The predicted molar refractivity (Wildman–Crippen MR) is 73.9 cm³/mol. The van der Waals surface area contributed by atoms with Crippen LogP contribution in [0.5, 0.6) is 0 Å². The molecule has 18 heavy (non-hydrogen) atoms. The van der Waals surface area contributed by atoms with Crippen LogP contribution in [0.4, 0.5) is 0 Å². The van der Waals surface area contributed by atoms with Gasteiger partial charge in [-0.25, -0.2) is 4.98 Å². The van der Waals surface area contributed by atoms with Gasteiger partial charge in [-0.2, -0.15) is 0 Å². The van der Waals surface area contributed by atoms with Gasteiger partial charge in [0.2, 0.25) is 0 Å². The molecule has 2 rings (SSSR count). The molecule has 0 fully saturated rings. The highest BCUT2D eigenvalue weighted by atomic mass is 32.1. The minimum Gasteiger partial charge on any atom is -0.351 e. The molecule has 1 N–H and O–H groups in total. The third kappa shape index (κ3) is 2.61. The number of carbonyl (C=O) groups excluding carboxylic acids is 1. The van der Waals surface area contributed by atoms with Crippen LogP contribution in [-0.2, 0) is 7.05 Å². The highest BCUT2D eigenvalue weighted by Gasteiger charge is 2.13. The fourth-order valence-corrected chi connectivity index (χ4v) is 2.38. The van der Waals surface area contributed by atoms with Gasteiger partial charge in [0.15, 0.2) is 0 Å². The van der Waals surface area contributed by atoms with Crippen LogP contribution in [0.25, 0.3) is 11.3 Å². The van der Waals surface area contributed by atoms with Gasteiger partial charge in [0, 0.05) is 30.7 Å². The molecule has 2 heterocycles. The maximum absolute atomic E-state index is 11.9. The van der Waals surface area contributed by atoms with E-state index >= 15 is 0 Å². The SMILES string of the molecule is CCCNC(=O)c1cc(-c2csc(C)n2)cn1C. The van der Waals surface area contributed by atoms with Crippen molar-refractivity contribution in [2.45, 2.75) is 20.3 Å². The van der Waals surface area contributed by atoms with Crippen LogP contribution < -0.4 is 5.32 Å². The molecule has 0 radical (unpaired) electrons. The summed E-state index contributed by atoms with van der Waals surface area (Å²) >= 11 is 1.62. The van der Waals surface area contributed by atoms with E-state index in [-0.39, 0.29) is 5.91 Å². The molecule has 1 amide bonds. The highest BCUT2D eigenvalue weighted by Crippen LogP contribution is 2.23. The Labute approximate surface area is 111 Å². The second kappa shape index (κ2) is 5.35. The molecule has 2 aromatic rings. The van der Waals surface area contributed by atoms with Gasteiger partial charge in [0.1, 0.15) is 5.69 Å². The highest BCUT2D eigenvalue weighted by molar-refractivity contribution is 7.09. The number of amides is 1. The second-order valence-corrected chi connectivity index (χ2v) is 5.29. The molecule has 0 saturated heterocycles. The van der Waals surface area contributed by atoms with Gasteiger partial charge in [-0.05, 0) is 19.4 Å². The molecule has 5 heteroatoms. The van der Waals surface area contributed by atoms with Crippen molar-refractivity contribution in [2.75, 3.05) is 6.54 Å². The van der Waals surface area contributed by atoms with Crippen molar-refractivity contribution in [1.82, 2.24) is 14.9 Å². The van der Waals surface area contributed by atoms with E-state index in [2.05, 4.69) is 10.3 Å². The minimum atomic E-state index is -0.0300. The summed E-state index contributed by atoms with van der Waals surface area (Å²) in [5.74, 6) is -0.0300. The zero-order valence-electron chi connectivity index (χ0n) is 10.9. The van der Waals surface area contributed by atoms with E-state index in [1.807, 2.05) is 43.1 Å². The Bertz CT molecular complexity index is 556. The largest absolute Gasteiger partial charge is 0.351 e. The van der Waals surface area contributed by atoms with E-state index in [0.29, 0.717) is 12.2 Å². The first-order chi connectivity index (χ1) is 8.61. The van der Waals surface area contributed by atoms with E-state index < -0.39 is 0 Å². The van der Waals surface area contributed by atoms with Crippen LogP contribution in [0, 0.1) is 6.92 Å². The smallest absolute Gasteiger partial charge is 0.267 e. The minimum absolute atomic E-state index is 0.0300. The molecule has 2 aromatic heterocycles. The van der Waals surface area contributed by atoms with Gasteiger partial charge in [-0.1, -0.05) is 6.92 Å². The Balaban J connectivity index is 2.24. The predicted octanol–water partition coefficient (Wildman–Crippen LogP) is 2.60. The van der Waals surface area contributed by atoms with Crippen molar-refractivity contribution in [2.24, 2.45) is 7.05 Å². The summed E-state index contributed by atoms with van der Waals surface area (Å²) in [5.41, 5.74) is 2.59. The van der Waals surface area contributed by atoms with Crippen LogP contribution in [0.15, 0.2) is 17.6 Å². The molecule has 0 saturated carbocycles. The standard InChI is InChI=1S/C13H17N3OS/c1-4-5-14-13(17)12-6-10(7-16(12)3)11-8-18-9(2)15-11/h6-8H,4-5H2,1-3H3,(H,14,17). The van der Waals surface area contributed by atoms with Gasteiger partial charge >= 0.3 is 0 Å². The maximum atomic E-state index is 11.9. The molecule has 0 spiro atoms. The van der Waals surface area contributed by atoms with Crippen molar-refractivity contribution < 1.29 is 4.79 Å². The molecule has 0 atom stereocenters.